The Balaban J connectivity index is 1.89. The summed E-state index contributed by atoms with van der Waals surface area (Å²) < 4.78 is 0. The Bertz CT molecular complexity index is 251. The van der Waals surface area contributed by atoms with Gasteiger partial charge < -0.3 is 5.32 Å². The third kappa shape index (κ3) is 6.85. The Labute approximate surface area is 103 Å². The number of pyridine rings is 1. The maximum atomic E-state index is 4.09. The number of rotatable bonds is 9. The summed E-state index contributed by atoms with van der Waals surface area (Å²) in [7, 11) is 0. The fourth-order valence-corrected chi connectivity index (χ4v) is 2.34. The number of thioether (sulfide) groups is 1. The van der Waals surface area contributed by atoms with E-state index in [-0.39, 0.29) is 0 Å². The highest BCUT2D eigenvalue weighted by atomic mass is 32.2. The smallest absolute Gasteiger partial charge is 0.0312 e. The second-order valence-corrected chi connectivity index (χ2v) is 5.08. The van der Waals surface area contributed by atoms with Crippen molar-refractivity contribution < 1.29 is 0 Å². The van der Waals surface area contributed by atoms with Gasteiger partial charge in [0, 0.05) is 31.2 Å². The number of nitrogens with one attached hydrogen (secondary N) is 1. The van der Waals surface area contributed by atoms with Crippen LogP contribution in [0.2, 0.25) is 0 Å². The summed E-state index contributed by atoms with van der Waals surface area (Å²) in [4.78, 5) is 4.09. The van der Waals surface area contributed by atoms with Crippen LogP contribution < -0.4 is 5.32 Å². The van der Waals surface area contributed by atoms with Crippen LogP contribution in [0.1, 0.15) is 31.7 Å². The lowest BCUT2D eigenvalue weighted by molar-refractivity contribution is 0.728. The van der Waals surface area contributed by atoms with Crippen LogP contribution in [0.5, 0.6) is 0 Å². The van der Waals surface area contributed by atoms with Gasteiger partial charge in [-0.2, -0.15) is 11.8 Å². The van der Waals surface area contributed by atoms with Gasteiger partial charge in [0.25, 0.3) is 0 Å². The molecule has 0 aliphatic carbocycles. The first kappa shape index (κ1) is 13.5. The molecule has 0 spiro atoms. The molecule has 0 saturated carbocycles. The molecule has 90 valence electrons. The third-order valence-electron chi connectivity index (χ3n) is 2.37. The maximum Gasteiger partial charge on any atom is 0.0312 e. The second kappa shape index (κ2) is 9.67. The van der Waals surface area contributed by atoms with E-state index in [1.165, 1.54) is 36.3 Å². The molecule has 0 fully saturated rings. The standard InChI is InChI=1S/C13H22N2S/c1-2-3-4-9-16-10-8-15-12-13-6-5-7-14-11-13/h5-7,11,15H,2-4,8-10,12H2,1H3. The lowest BCUT2D eigenvalue weighted by Gasteiger charge is -2.04. The predicted octanol–water partition coefficient (Wildman–Crippen LogP) is 3.09. The maximum absolute atomic E-state index is 4.09. The molecule has 0 aromatic carbocycles. The van der Waals surface area contributed by atoms with Gasteiger partial charge in [-0.05, 0) is 23.8 Å². The Morgan fingerprint density at radius 3 is 3.00 bits per heavy atom. The average molecular weight is 238 g/mol. The van der Waals surface area contributed by atoms with Crippen molar-refractivity contribution in [2.45, 2.75) is 32.7 Å². The normalized spacial score (nSPS) is 10.6. The highest BCUT2D eigenvalue weighted by Crippen LogP contribution is 2.05. The van der Waals surface area contributed by atoms with Crippen molar-refractivity contribution in [2.75, 3.05) is 18.1 Å². The molecule has 1 aromatic heterocycles. The molecule has 1 rings (SSSR count). The molecule has 3 heteroatoms. The average Bonchev–Trinajstić information content (AvgIpc) is 2.34. The summed E-state index contributed by atoms with van der Waals surface area (Å²) in [5.41, 5.74) is 1.26. The van der Waals surface area contributed by atoms with E-state index in [1.54, 1.807) is 0 Å². The van der Waals surface area contributed by atoms with E-state index in [2.05, 4.69) is 35.1 Å². The summed E-state index contributed by atoms with van der Waals surface area (Å²) in [6, 6.07) is 4.09. The minimum Gasteiger partial charge on any atom is -0.312 e. The largest absolute Gasteiger partial charge is 0.312 e. The lowest BCUT2D eigenvalue weighted by atomic mass is 10.3. The Hall–Kier alpha value is -0.540. The molecule has 1 aromatic rings. The molecule has 16 heavy (non-hydrogen) atoms. The van der Waals surface area contributed by atoms with Crippen molar-refractivity contribution in [3.63, 3.8) is 0 Å². The molecule has 0 bridgehead atoms. The summed E-state index contributed by atoms with van der Waals surface area (Å²) in [6.07, 6.45) is 7.79. The van der Waals surface area contributed by atoms with Crippen LogP contribution in [0.4, 0.5) is 0 Å². The van der Waals surface area contributed by atoms with E-state index in [9.17, 15) is 0 Å². The van der Waals surface area contributed by atoms with Gasteiger partial charge in [-0.3, -0.25) is 4.98 Å². The van der Waals surface area contributed by atoms with Gasteiger partial charge in [0.2, 0.25) is 0 Å². The van der Waals surface area contributed by atoms with Gasteiger partial charge in [-0.15, -0.1) is 0 Å². The van der Waals surface area contributed by atoms with Gasteiger partial charge in [0.1, 0.15) is 0 Å². The van der Waals surface area contributed by atoms with Crippen molar-refractivity contribution in [2.24, 2.45) is 0 Å². The third-order valence-corrected chi connectivity index (χ3v) is 3.44. The first-order valence-corrected chi connectivity index (χ1v) is 7.26. The van der Waals surface area contributed by atoms with E-state index in [4.69, 9.17) is 0 Å². The van der Waals surface area contributed by atoms with Crippen LogP contribution in [0.15, 0.2) is 24.5 Å². The Morgan fingerprint density at radius 2 is 2.25 bits per heavy atom. The molecule has 0 aliphatic rings. The fourth-order valence-electron chi connectivity index (χ4n) is 1.44. The Morgan fingerprint density at radius 1 is 1.31 bits per heavy atom. The minimum atomic E-state index is 0.934. The van der Waals surface area contributed by atoms with Crippen molar-refractivity contribution in [3.05, 3.63) is 30.1 Å². The van der Waals surface area contributed by atoms with Crippen LogP contribution in [-0.2, 0) is 6.54 Å². The van der Waals surface area contributed by atoms with Crippen molar-refractivity contribution in [1.29, 1.82) is 0 Å². The predicted molar refractivity (Wildman–Crippen MR) is 72.8 cm³/mol. The monoisotopic (exact) mass is 238 g/mol. The zero-order valence-electron chi connectivity index (χ0n) is 10.1. The van der Waals surface area contributed by atoms with E-state index < -0.39 is 0 Å². The zero-order valence-corrected chi connectivity index (χ0v) is 10.9. The lowest BCUT2D eigenvalue weighted by Crippen LogP contribution is -2.16. The van der Waals surface area contributed by atoms with Crippen molar-refractivity contribution in [1.82, 2.24) is 10.3 Å². The summed E-state index contributed by atoms with van der Waals surface area (Å²) in [6.45, 7) is 4.27. The summed E-state index contributed by atoms with van der Waals surface area (Å²) in [5.74, 6) is 2.52. The molecule has 1 heterocycles. The topological polar surface area (TPSA) is 24.9 Å². The number of hydrogen-bond donors (Lipinski definition) is 1. The fraction of sp³-hybridized carbons (Fsp3) is 0.615. The molecule has 0 saturated heterocycles. The molecular weight excluding hydrogens is 216 g/mol. The van der Waals surface area contributed by atoms with Gasteiger partial charge in [-0.25, -0.2) is 0 Å². The molecular formula is C13H22N2S. The van der Waals surface area contributed by atoms with Crippen LogP contribution in [0.25, 0.3) is 0 Å². The van der Waals surface area contributed by atoms with Crippen molar-refractivity contribution >= 4 is 11.8 Å². The first-order chi connectivity index (χ1) is 7.93. The van der Waals surface area contributed by atoms with E-state index in [0.29, 0.717) is 0 Å². The number of hydrogen-bond acceptors (Lipinski definition) is 3. The quantitative estimate of drug-likeness (QED) is 0.669. The molecule has 0 aliphatic heterocycles. The van der Waals surface area contributed by atoms with Crippen LogP contribution in [-0.4, -0.2) is 23.0 Å². The molecule has 0 atom stereocenters. The highest BCUT2D eigenvalue weighted by Gasteiger charge is 1.92. The zero-order chi connectivity index (χ0) is 11.5. The SMILES string of the molecule is CCCCCSCCNCc1cccnc1. The highest BCUT2D eigenvalue weighted by molar-refractivity contribution is 7.99. The molecule has 1 N–H and O–H groups in total. The van der Waals surface area contributed by atoms with Gasteiger partial charge in [0.15, 0.2) is 0 Å². The van der Waals surface area contributed by atoms with Gasteiger partial charge in [0.05, 0.1) is 0 Å². The number of aromatic nitrogens is 1. The Kier molecular flexibility index (Phi) is 8.17. The minimum absolute atomic E-state index is 0.934. The van der Waals surface area contributed by atoms with Crippen LogP contribution >= 0.6 is 11.8 Å². The van der Waals surface area contributed by atoms with E-state index in [0.717, 1.165) is 13.1 Å². The number of unbranched alkanes of at least 4 members (excludes halogenated alkanes) is 2. The van der Waals surface area contributed by atoms with Crippen LogP contribution in [0, 0.1) is 0 Å². The van der Waals surface area contributed by atoms with Crippen LogP contribution in [0.3, 0.4) is 0 Å². The summed E-state index contributed by atoms with van der Waals surface area (Å²) >= 11 is 2.05. The van der Waals surface area contributed by atoms with Gasteiger partial charge in [-0.1, -0.05) is 25.8 Å². The van der Waals surface area contributed by atoms with Gasteiger partial charge >= 0.3 is 0 Å². The summed E-state index contributed by atoms with van der Waals surface area (Å²) in [5, 5.41) is 3.43. The molecule has 2 nitrogen and oxygen atoms in total. The number of nitrogens with zero attached hydrogens (tertiary/aromatic N) is 1. The van der Waals surface area contributed by atoms with E-state index in [1.807, 2.05) is 18.5 Å². The molecule has 0 amide bonds. The van der Waals surface area contributed by atoms with Crippen molar-refractivity contribution in [3.8, 4) is 0 Å². The molecule has 0 radical (unpaired) electrons. The first-order valence-electron chi connectivity index (χ1n) is 6.11. The van der Waals surface area contributed by atoms with E-state index >= 15 is 0 Å². The second-order valence-electron chi connectivity index (χ2n) is 3.86. The molecule has 0 unspecified atom stereocenters.